The lowest BCUT2D eigenvalue weighted by Gasteiger charge is -2.10. The molecule has 0 aliphatic rings. The van der Waals surface area contributed by atoms with E-state index in [1.165, 1.54) is 42.5 Å². The minimum atomic E-state index is -3.44. The molecule has 0 aliphatic heterocycles. The van der Waals surface area contributed by atoms with E-state index in [4.69, 9.17) is 23.2 Å². The highest BCUT2D eigenvalue weighted by molar-refractivity contribution is 7.90. The Morgan fingerprint density at radius 1 is 0.906 bits per heavy atom. The predicted molar refractivity (Wildman–Crippen MR) is 128 cm³/mol. The number of hydrogen-bond acceptors (Lipinski definition) is 4. The second-order valence-electron chi connectivity index (χ2n) is 6.83. The molecule has 3 aromatic carbocycles. The first-order valence-corrected chi connectivity index (χ1v) is 11.9. The maximum Gasteiger partial charge on any atom is 0.255 e. The Bertz CT molecular complexity index is 1320. The van der Waals surface area contributed by atoms with E-state index in [1.807, 2.05) is 6.07 Å². The van der Waals surface area contributed by atoms with Crippen LogP contribution in [0.4, 0.5) is 11.4 Å². The molecule has 32 heavy (non-hydrogen) atoms. The first kappa shape index (κ1) is 23.5. The lowest BCUT2D eigenvalue weighted by molar-refractivity contribution is -0.111. The number of carbonyl (C=O) groups excluding carboxylic acids is 2. The summed E-state index contributed by atoms with van der Waals surface area (Å²) >= 11 is 12.2. The van der Waals surface area contributed by atoms with Crippen LogP contribution < -0.4 is 10.6 Å². The Balaban J connectivity index is 1.67. The van der Waals surface area contributed by atoms with Crippen LogP contribution in [0.3, 0.4) is 0 Å². The number of hydrogen-bond donors (Lipinski definition) is 2. The number of amides is 2. The molecule has 9 heteroatoms. The van der Waals surface area contributed by atoms with Gasteiger partial charge in [0.05, 0.1) is 15.6 Å². The minimum Gasteiger partial charge on any atom is -0.322 e. The molecule has 0 unspecified atom stereocenters. The largest absolute Gasteiger partial charge is 0.322 e. The van der Waals surface area contributed by atoms with Gasteiger partial charge in [-0.15, -0.1) is 0 Å². The molecule has 0 heterocycles. The second kappa shape index (κ2) is 9.99. The molecule has 2 amide bonds. The summed E-state index contributed by atoms with van der Waals surface area (Å²) < 4.78 is 23.4. The van der Waals surface area contributed by atoms with E-state index in [9.17, 15) is 18.0 Å². The fraction of sp³-hybridized carbons (Fsp3) is 0.0435. The van der Waals surface area contributed by atoms with Crippen LogP contribution in [-0.2, 0) is 14.6 Å². The normalized spacial score (nSPS) is 11.3. The van der Waals surface area contributed by atoms with Crippen LogP contribution in [-0.4, -0.2) is 26.5 Å². The summed E-state index contributed by atoms with van der Waals surface area (Å²) in [6, 6.07) is 17.4. The summed E-state index contributed by atoms with van der Waals surface area (Å²) in [5, 5.41) is 6.09. The molecule has 164 valence electrons. The predicted octanol–water partition coefficient (Wildman–Crippen LogP) is 5.30. The number of rotatable bonds is 6. The molecule has 0 bridgehead atoms. The van der Waals surface area contributed by atoms with Crippen molar-refractivity contribution in [2.75, 3.05) is 16.9 Å². The number of anilines is 2. The Morgan fingerprint density at radius 2 is 1.66 bits per heavy atom. The Labute approximate surface area is 195 Å². The summed E-state index contributed by atoms with van der Waals surface area (Å²) in [6.45, 7) is 0. The molecule has 0 radical (unpaired) electrons. The van der Waals surface area contributed by atoms with Crippen molar-refractivity contribution in [1.82, 2.24) is 0 Å². The van der Waals surface area contributed by atoms with Gasteiger partial charge in [0, 0.05) is 28.6 Å². The van der Waals surface area contributed by atoms with Crippen molar-refractivity contribution in [2.24, 2.45) is 0 Å². The maximum atomic E-state index is 12.5. The van der Waals surface area contributed by atoms with Crippen molar-refractivity contribution in [1.29, 1.82) is 0 Å². The van der Waals surface area contributed by atoms with E-state index in [-0.39, 0.29) is 21.4 Å². The summed E-state index contributed by atoms with van der Waals surface area (Å²) in [5.74, 6) is -0.881. The van der Waals surface area contributed by atoms with Crippen molar-refractivity contribution in [3.63, 3.8) is 0 Å². The summed E-state index contributed by atoms with van der Waals surface area (Å²) in [7, 11) is -3.44. The average Bonchev–Trinajstić information content (AvgIpc) is 2.74. The number of halogens is 2. The van der Waals surface area contributed by atoms with Crippen LogP contribution in [0.15, 0.2) is 77.7 Å². The van der Waals surface area contributed by atoms with Crippen LogP contribution in [0, 0.1) is 0 Å². The highest BCUT2D eigenvalue weighted by atomic mass is 35.5. The molecular weight excluding hydrogens is 471 g/mol. The van der Waals surface area contributed by atoms with Gasteiger partial charge in [0.1, 0.15) is 0 Å². The molecule has 0 fully saturated rings. The first-order chi connectivity index (χ1) is 15.1. The van der Waals surface area contributed by atoms with Crippen LogP contribution in [0.25, 0.3) is 6.08 Å². The van der Waals surface area contributed by atoms with Gasteiger partial charge in [0.25, 0.3) is 5.91 Å². The molecule has 3 rings (SSSR count). The Hall–Kier alpha value is -3.13. The van der Waals surface area contributed by atoms with E-state index < -0.39 is 15.7 Å². The molecular formula is C23H18Cl2N2O4S. The molecule has 2 N–H and O–H groups in total. The molecule has 0 saturated carbocycles. The van der Waals surface area contributed by atoms with Gasteiger partial charge in [-0.1, -0.05) is 41.4 Å². The molecule has 0 saturated heterocycles. The van der Waals surface area contributed by atoms with E-state index >= 15 is 0 Å². The number of carbonyl (C=O) groups is 2. The van der Waals surface area contributed by atoms with Crippen molar-refractivity contribution < 1.29 is 18.0 Å². The van der Waals surface area contributed by atoms with Gasteiger partial charge in [-0.2, -0.15) is 0 Å². The van der Waals surface area contributed by atoms with Crippen molar-refractivity contribution in [3.8, 4) is 0 Å². The van der Waals surface area contributed by atoms with Gasteiger partial charge >= 0.3 is 0 Å². The number of nitrogens with one attached hydrogen (secondary N) is 2. The van der Waals surface area contributed by atoms with Gasteiger partial charge in [0.15, 0.2) is 9.84 Å². The molecule has 6 nitrogen and oxygen atoms in total. The molecule has 0 spiro atoms. The minimum absolute atomic E-state index is 0.0418. The zero-order valence-corrected chi connectivity index (χ0v) is 19.1. The third-order valence-electron chi connectivity index (χ3n) is 4.29. The van der Waals surface area contributed by atoms with Crippen LogP contribution >= 0.6 is 23.2 Å². The van der Waals surface area contributed by atoms with Crippen molar-refractivity contribution >= 4 is 62.3 Å². The Morgan fingerprint density at radius 3 is 2.34 bits per heavy atom. The lowest BCUT2D eigenvalue weighted by atomic mass is 10.2. The standard InChI is InChI=1S/C23H18Cl2N2O4S/c1-32(30,31)19-7-3-5-16(13-19)23(29)27-21-10-9-18(14-20(21)25)26-22(28)11-8-15-4-2-6-17(24)12-15/h2-14H,1H3,(H,26,28)(H,27,29)/b11-8+. The van der Waals surface area contributed by atoms with Crippen LogP contribution in [0.5, 0.6) is 0 Å². The molecule has 0 aliphatic carbocycles. The first-order valence-electron chi connectivity index (χ1n) is 9.27. The summed E-state index contributed by atoms with van der Waals surface area (Å²) in [5.41, 5.74) is 1.71. The van der Waals surface area contributed by atoms with Crippen LogP contribution in [0.1, 0.15) is 15.9 Å². The smallest absolute Gasteiger partial charge is 0.255 e. The zero-order chi connectivity index (χ0) is 23.3. The molecule has 0 atom stereocenters. The van der Waals surface area contributed by atoms with E-state index in [2.05, 4.69) is 10.6 Å². The third kappa shape index (κ3) is 6.43. The van der Waals surface area contributed by atoms with E-state index in [0.717, 1.165) is 11.8 Å². The van der Waals surface area contributed by atoms with Crippen LogP contribution in [0.2, 0.25) is 10.0 Å². The maximum absolute atomic E-state index is 12.5. The second-order valence-corrected chi connectivity index (χ2v) is 9.69. The van der Waals surface area contributed by atoms with Gasteiger partial charge in [0.2, 0.25) is 5.91 Å². The summed E-state index contributed by atoms with van der Waals surface area (Å²) in [6.07, 6.45) is 4.06. The SMILES string of the molecule is CS(=O)(=O)c1cccc(C(=O)Nc2ccc(NC(=O)/C=C/c3cccc(Cl)c3)cc2Cl)c1. The monoisotopic (exact) mass is 488 g/mol. The zero-order valence-electron chi connectivity index (χ0n) is 16.8. The van der Waals surface area contributed by atoms with Crippen molar-refractivity contribution in [3.05, 3.63) is 94.0 Å². The fourth-order valence-corrected chi connectivity index (χ4v) is 3.82. The topological polar surface area (TPSA) is 92.3 Å². The van der Waals surface area contributed by atoms with Gasteiger partial charge in [-0.05, 0) is 60.2 Å². The van der Waals surface area contributed by atoms with E-state index in [1.54, 1.807) is 30.3 Å². The quantitative estimate of drug-likeness (QED) is 0.460. The third-order valence-corrected chi connectivity index (χ3v) is 5.94. The van der Waals surface area contributed by atoms with E-state index in [0.29, 0.717) is 16.4 Å². The average molecular weight is 489 g/mol. The summed E-state index contributed by atoms with van der Waals surface area (Å²) in [4.78, 5) is 24.7. The molecule has 3 aromatic rings. The number of sulfone groups is 1. The highest BCUT2D eigenvalue weighted by Crippen LogP contribution is 2.26. The van der Waals surface area contributed by atoms with Gasteiger partial charge in [-0.3, -0.25) is 9.59 Å². The highest BCUT2D eigenvalue weighted by Gasteiger charge is 2.13. The number of benzene rings is 3. The van der Waals surface area contributed by atoms with Crippen molar-refractivity contribution in [2.45, 2.75) is 4.90 Å². The lowest BCUT2D eigenvalue weighted by Crippen LogP contribution is -2.13. The van der Waals surface area contributed by atoms with Gasteiger partial charge < -0.3 is 10.6 Å². The van der Waals surface area contributed by atoms with Gasteiger partial charge in [-0.25, -0.2) is 8.42 Å². The fourth-order valence-electron chi connectivity index (χ4n) is 2.72. The Kier molecular flexibility index (Phi) is 7.35. The molecule has 0 aromatic heterocycles.